The van der Waals surface area contributed by atoms with E-state index in [1.807, 2.05) is 4.90 Å². The minimum atomic E-state index is -1.09. The Morgan fingerprint density at radius 3 is 2.03 bits per heavy atom. The summed E-state index contributed by atoms with van der Waals surface area (Å²) in [6.07, 6.45) is 3.64. The summed E-state index contributed by atoms with van der Waals surface area (Å²) in [5.41, 5.74) is -1.09. The van der Waals surface area contributed by atoms with Gasteiger partial charge in [-0.05, 0) is 38.8 Å². The predicted octanol–water partition coefficient (Wildman–Crippen LogP) is 0.840. The quantitative estimate of drug-likeness (QED) is 0.507. The number of amides is 1. The second-order valence-corrected chi connectivity index (χ2v) is 8.28. The van der Waals surface area contributed by atoms with E-state index < -0.39 is 11.6 Å². The second kappa shape index (κ2) is 13.9. The molecular weight excluding hydrogens is 455 g/mol. The average molecular weight is 492 g/mol. The topological polar surface area (TPSA) is 96.3 Å². The number of halogens is 3. The Morgan fingerprint density at radius 2 is 1.50 bits per heavy atom. The Kier molecular flexibility index (Phi) is 13.8. The number of nitrogens with zero attached hydrogens (tertiary/aromatic N) is 3. The number of carbonyl (C=O) groups excluding carboxylic acids is 1. The molecule has 8 nitrogen and oxygen atoms in total. The second-order valence-electron chi connectivity index (χ2n) is 8.28. The third-order valence-corrected chi connectivity index (χ3v) is 6.40. The molecule has 0 bridgehead atoms. The van der Waals surface area contributed by atoms with Crippen molar-refractivity contribution in [2.24, 2.45) is 0 Å². The van der Waals surface area contributed by atoms with Crippen LogP contribution in [0, 0.1) is 0 Å². The van der Waals surface area contributed by atoms with Gasteiger partial charge >= 0.3 is 5.97 Å². The zero-order chi connectivity index (χ0) is 19.3. The molecule has 0 aromatic carbocycles. The molecule has 3 rings (SSSR count). The van der Waals surface area contributed by atoms with Gasteiger partial charge in [0.1, 0.15) is 0 Å². The molecule has 178 valence electrons. The number of carboxylic acids is 1. The Labute approximate surface area is 197 Å². The maximum absolute atomic E-state index is 12.5. The molecule has 3 fully saturated rings. The highest BCUT2D eigenvalue weighted by Gasteiger charge is 2.34. The molecule has 0 aliphatic carbocycles. The predicted molar refractivity (Wildman–Crippen MR) is 123 cm³/mol. The largest absolute Gasteiger partial charge is 0.481 e. The summed E-state index contributed by atoms with van der Waals surface area (Å²) in [5, 5.41) is 22.6. The maximum atomic E-state index is 12.5. The van der Waals surface area contributed by atoms with Crippen LogP contribution in [0.15, 0.2) is 0 Å². The van der Waals surface area contributed by atoms with Crippen molar-refractivity contribution in [3.05, 3.63) is 0 Å². The molecule has 0 aromatic heterocycles. The van der Waals surface area contributed by atoms with Crippen molar-refractivity contribution >= 4 is 49.1 Å². The van der Waals surface area contributed by atoms with Crippen molar-refractivity contribution in [1.29, 1.82) is 0 Å². The van der Waals surface area contributed by atoms with Gasteiger partial charge in [-0.1, -0.05) is 0 Å². The molecule has 0 radical (unpaired) electrons. The molecule has 0 atom stereocenters. The van der Waals surface area contributed by atoms with Crippen molar-refractivity contribution in [2.75, 3.05) is 58.9 Å². The number of piperidine rings is 2. The van der Waals surface area contributed by atoms with Crippen molar-refractivity contribution < 1.29 is 19.8 Å². The monoisotopic (exact) mass is 490 g/mol. The lowest BCUT2D eigenvalue weighted by Crippen LogP contribution is -2.54. The van der Waals surface area contributed by atoms with Gasteiger partial charge in [-0.15, -0.1) is 37.2 Å². The number of carbonyl (C=O) groups is 2. The molecule has 3 N–H and O–H groups in total. The third kappa shape index (κ3) is 8.65. The van der Waals surface area contributed by atoms with Crippen LogP contribution in [0.25, 0.3) is 0 Å². The van der Waals surface area contributed by atoms with E-state index >= 15 is 0 Å². The highest BCUT2D eigenvalue weighted by molar-refractivity contribution is 5.86. The van der Waals surface area contributed by atoms with E-state index in [4.69, 9.17) is 5.11 Å². The van der Waals surface area contributed by atoms with Crippen LogP contribution in [0.3, 0.4) is 0 Å². The fourth-order valence-electron chi connectivity index (χ4n) is 4.57. The summed E-state index contributed by atoms with van der Waals surface area (Å²) in [6.45, 7) is 7.78. The minimum absolute atomic E-state index is 0. The molecular formula is C19H37Cl3N4O4. The molecule has 0 unspecified atom stereocenters. The number of aliphatic carboxylic acids is 1. The third-order valence-electron chi connectivity index (χ3n) is 6.40. The summed E-state index contributed by atoms with van der Waals surface area (Å²) < 4.78 is 0. The maximum Gasteiger partial charge on any atom is 0.306 e. The van der Waals surface area contributed by atoms with Crippen LogP contribution in [0.1, 0.15) is 38.5 Å². The fourth-order valence-corrected chi connectivity index (χ4v) is 4.57. The van der Waals surface area contributed by atoms with Gasteiger partial charge in [0.05, 0.1) is 12.0 Å². The van der Waals surface area contributed by atoms with Gasteiger partial charge in [0.2, 0.25) is 5.91 Å². The lowest BCUT2D eigenvalue weighted by Gasteiger charge is -2.41. The molecule has 0 saturated carbocycles. The number of hydrogen-bond acceptors (Lipinski definition) is 6. The molecule has 3 aliphatic heterocycles. The van der Waals surface area contributed by atoms with E-state index in [1.54, 1.807) is 0 Å². The van der Waals surface area contributed by atoms with Gasteiger partial charge in [-0.2, -0.15) is 0 Å². The summed E-state index contributed by atoms with van der Waals surface area (Å²) in [6, 6.07) is 0.668. The lowest BCUT2D eigenvalue weighted by atomic mass is 9.88. The number of carboxylic acid groups (broad SMARTS) is 1. The Hall–Kier alpha value is -0.350. The van der Waals surface area contributed by atoms with Crippen molar-refractivity contribution in [3.8, 4) is 0 Å². The number of likely N-dealkylation sites (tertiary alicyclic amines) is 1. The van der Waals surface area contributed by atoms with Gasteiger partial charge in [0.15, 0.2) is 0 Å². The van der Waals surface area contributed by atoms with Gasteiger partial charge in [0.25, 0.3) is 0 Å². The smallest absolute Gasteiger partial charge is 0.306 e. The lowest BCUT2D eigenvalue weighted by molar-refractivity contribution is -0.144. The average Bonchev–Trinajstić information content (AvgIpc) is 2.67. The van der Waals surface area contributed by atoms with E-state index in [2.05, 4.69) is 15.1 Å². The Morgan fingerprint density at radius 1 is 0.933 bits per heavy atom. The Balaban J connectivity index is 0.00000280. The highest BCUT2D eigenvalue weighted by Crippen LogP contribution is 2.25. The van der Waals surface area contributed by atoms with Gasteiger partial charge in [-0.3, -0.25) is 14.5 Å². The van der Waals surface area contributed by atoms with Crippen molar-refractivity contribution in [3.63, 3.8) is 0 Å². The number of hydrogen-bond donors (Lipinski definition) is 3. The van der Waals surface area contributed by atoms with Crippen LogP contribution in [0.2, 0.25) is 0 Å². The van der Waals surface area contributed by atoms with Crippen molar-refractivity contribution in [2.45, 2.75) is 50.2 Å². The van der Waals surface area contributed by atoms with E-state index in [0.717, 1.165) is 39.3 Å². The molecule has 0 spiro atoms. The first kappa shape index (κ1) is 29.7. The van der Waals surface area contributed by atoms with Crippen LogP contribution >= 0.6 is 37.2 Å². The highest BCUT2D eigenvalue weighted by atomic mass is 35.5. The summed E-state index contributed by atoms with van der Waals surface area (Å²) in [5.74, 6) is -0.740. The number of piperazine rings is 1. The normalized spacial score (nSPS) is 22.9. The van der Waals surface area contributed by atoms with Crippen LogP contribution in [-0.2, 0) is 9.59 Å². The van der Waals surface area contributed by atoms with Gasteiger partial charge in [-0.25, -0.2) is 0 Å². The molecule has 3 heterocycles. The first-order valence-electron chi connectivity index (χ1n) is 10.3. The number of rotatable bonds is 6. The fraction of sp³-hybridized carbons (Fsp3) is 0.895. The summed E-state index contributed by atoms with van der Waals surface area (Å²) in [7, 11) is 0. The molecule has 1 amide bonds. The van der Waals surface area contributed by atoms with E-state index in [1.165, 1.54) is 12.8 Å². The van der Waals surface area contributed by atoms with Gasteiger partial charge < -0.3 is 25.3 Å². The molecule has 3 saturated heterocycles. The zero-order valence-electron chi connectivity index (χ0n) is 17.5. The van der Waals surface area contributed by atoms with E-state index in [-0.39, 0.29) is 49.5 Å². The summed E-state index contributed by atoms with van der Waals surface area (Å²) >= 11 is 0. The first-order chi connectivity index (χ1) is 13.0. The number of nitrogens with one attached hydrogen (secondary N) is 1. The van der Waals surface area contributed by atoms with Crippen LogP contribution in [0.5, 0.6) is 0 Å². The minimum Gasteiger partial charge on any atom is -0.481 e. The molecule has 3 aliphatic rings. The van der Waals surface area contributed by atoms with E-state index in [9.17, 15) is 14.7 Å². The molecule has 11 heteroatoms. The SMILES string of the molecule is Cl.Cl.Cl.O=C(O)CC1(O)CCN(CCC(=O)N2CCN(C3CCNCC3)CC2)CC1. The van der Waals surface area contributed by atoms with Crippen LogP contribution in [0.4, 0.5) is 0 Å². The first-order valence-corrected chi connectivity index (χ1v) is 10.3. The standard InChI is InChI=1S/C19H34N4O4.3ClH/c24-17(3-8-21-9-4-19(27,5-10-21)15-18(25)26)23-13-11-22(12-14-23)16-1-6-20-7-2-16;;;/h16,20,27H,1-15H2,(H,25,26);3*1H. The van der Waals surface area contributed by atoms with Crippen LogP contribution < -0.4 is 5.32 Å². The summed E-state index contributed by atoms with van der Waals surface area (Å²) in [4.78, 5) is 30.1. The Bertz CT molecular complexity index is 522. The van der Waals surface area contributed by atoms with E-state index in [0.29, 0.717) is 44.9 Å². The molecule has 30 heavy (non-hydrogen) atoms. The van der Waals surface area contributed by atoms with Crippen molar-refractivity contribution in [1.82, 2.24) is 20.0 Å². The number of aliphatic hydroxyl groups is 1. The van der Waals surface area contributed by atoms with Crippen LogP contribution in [-0.4, -0.2) is 107 Å². The molecule has 0 aromatic rings. The van der Waals surface area contributed by atoms with Gasteiger partial charge in [0, 0.05) is 58.3 Å². The zero-order valence-corrected chi connectivity index (χ0v) is 19.9.